The molecule has 0 amide bonds. The average Bonchev–Trinajstić information content (AvgIpc) is 2.84. The van der Waals surface area contributed by atoms with Gasteiger partial charge in [-0.2, -0.15) is 0 Å². The first kappa shape index (κ1) is 25.6. The summed E-state index contributed by atoms with van der Waals surface area (Å²) >= 11 is 0. The fraction of sp³-hybridized carbons (Fsp3) is 0.567. The Morgan fingerprint density at radius 1 is 1.00 bits per heavy atom. The summed E-state index contributed by atoms with van der Waals surface area (Å²) < 4.78 is 23.8. The van der Waals surface area contributed by atoms with Crippen LogP contribution in [0.1, 0.15) is 65.9 Å². The second-order valence-electron chi connectivity index (χ2n) is 11.8. The lowest BCUT2D eigenvalue weighted by Crippen LogP contribution is -2.65. The zero-order chi connectivity index (χ0) is 26.6. The van der Waals surface area contributed by atoms with Crippen LogP contribution in [0.5, 0.6) is 5.75 Å². The third-order valence-corrected chi connectivity index (χ3v) is 9.45. The van der Waals surface area contributed by atoms with Gasteiger partial charge in [-0.1, -0.05) is 44.2 Å². The second kappa shape index (κ2) is 9.03. The Kier molecular flexibility index (Phi) is 6.24. The summed E-state index contributed by atoms with van der Waals surface area (Å²) in [4.78, 5) is 37.0. The van der Waals surface area contributed by atoms with Gasteiger partial charge < -0.3 is 18.6 Å². The van der Waals surface area contributed by atoms with Crippen LogP contribution in [0.3, 0.4) is 0 Å². The molecule has 37 heavy (non-hydrogen) atoms. The summed E-state index contributed by atoms with van der Waals surface area (Å²) in [5, 5.41) is 0. The fourth-order valence-electron chi connectivity index (χ4n) is 7.69. The van der Waals surface area contributed by atoms with E-state index in [-0.39, 0.29) is 47.5 Å². The summed E-state index contributed by atoms with van der Waals surface area (Å²) in [5.41, 5.74) is -0.183. The van der Waals surface area contributed by atoms with E-state index in [1.807, 2.05) is 36.4 Å². The predicted octanol–water partition coefficient (Wildman–Crippen LogP) is 5.33. The van der Waals surface area contributed by atoms with Crippen molar-refractivity contribution in [3.63, 3.8) is 0 Å². The van der Waals surface area contributed by atoms with Crippen LogP contribution in [0.25, 0.3) is 11.3 Å². The zero-order valence-corrected chi connectivity index (χ0v) is 22.3. The summed E-state index contributed by atoms with van der Waals surface area (Å²) in [6.45, 7) is 9.51. The van der Waals surface area contributed by atoms with Crippen molar-refractivity contribution in [2.75, 3.05) is 6.61 Å². The number of fused-ring (bicyclic) bond motifs is 4. The summed E-state index contributed by atoms with van der Waals surface area (Å²) in [5.74, 6) is 0.583. The minimum absolute atomic E-state index is 0.0478. The van der Waals surface area contributed by atoms with Gasteiger partial charge in [0.25, 0.3) is 0 Å². The molecule has 0 spiro atoms. The van der Waals surface area contributed by atoms with Crippen LogP contribution in [-0.2, 0) is 25.5 Å². The van der Waals surface area contributed by atoms with Crippen LogP contribution in [0, 0.1) is 22.7 Å². The van der Waals surface area contributed by atoms with Gasteiger partial charge in [-0.3, -0.25) is 9.59 Å². The van der Waals surface area contributed by atoms with Crippen LogP contribution in [0.4, 0.5) is 0 Å². The van der Waals surface area contributed by atoms with E-state index in [1.54, 1.807) is 0 Å². The molecule has 1 aromatic carbocycles. The highest BCUT2D eigenvalue weighted by Crippen LogP contribution is 2.65. The maximum Gasteiger partial charge on any atom is 0.343 e. The Morgan fingerprint density at radius 2 is 1.73 bits per heavy atom. The zero-order valence-electron chi connectivity index (χ0n) is 22.3. The molecule has 3 aliphatic rings. The number of hydrogen-bond acceptors (Lipinski definition) is 7. The van der Waals surface area contributed by atoms with Crippen molar-refractivity contribution in [3.05, 3.63) is 52.4 Å². The Hall–Kier alpha value is -3.09. The molecule has 6 unspecified atom stereocenters. The maximum absolute atomic E-state index is 13.2. The van der Waals surface area contributed by atoms with Gasteiger partial charge >= 0.3 is 17.6 Å². The molecule has 1 aliphatic heterocycles. The van der Waals surface area contributed by atoms with Crippen LogP contribution >= 0.6 is 0 Å². The normalized spacial score (nSPS) is 34.2. The van der Waals surface area contributed by atoms with Crippen molar-refractivity contribution >= 4 is 11.9 Å². The van der Waals surface area contributed by atoms with Crippen molar-refractivity contribution in [2.24, 2.45) is 22.7 Å². The Balaban J connectivity index is 1.53. The lowest BCUT2D eigenvalue weighted by Gasteiger charge is -2.64. The van der Waals surface area contributed by atoms with Crippen molar-refractivity contribution in [1.82, 2.24) is 0 Å². The van der Waals surface area contributed by atoms with E-state index in [0.717, 1.165) is 24.8 Å². The van der Waals surface area contributed by atoms with Crippen molar-refractivity contribution in [3.8, 4) is 17.1 Å². The third-order valence-electron chi connectivity index (χ3n) is 9.45. The minimum Gasteiger partial charge on any atom is -0.487 e. The van der Waals surface area contributed by atoms with Crippen LogP contribution in [0.2, 0.25) is 0 Å². The molecular formula is C30H36O7. The summed E-state index contributed by atoms with van der Waals surface area (Å²) in [7, 11) is 0. The monoisotopic (exact) mass is 508 g/mol. The van der Waals surface area contributed by atoms with Gasteiger partial charge in [-0.05, 0) is 50.4 Å². The molecule has 2 heterocycles. The van der Waals surface area contributed by atoms with E-state index in [9.17, 15) is 14.4 Å². The first-order valence-electron chi connectivity index (χ1n) is 13.2. The molecule has 0 radical (unpaired) electrons. The smallest absolute Gasteiger partial charge is 0.343 e. The van der Waals surface area contributed by atoms with E-state index in [4.69, 9.17) is 18.6 Å². The van der Waals surface area contributed by atoms with Gasteiger partial charge in [0, 0.05) is 36.8 Å². The highest BCUT2D eigenvalue weighted by Gasteiger charge is 2.65. The molecule has 0 N–H and O–H groups in total. The predicted molar refractivity (Wildman–Crippen MR) is 137 cm³/mol. The van der Waals surface area contributed by atoms with E-state index >= 15 is 0 Å². The number of benzene rings is 1. The number of carbonyl (C=O) groups excluding carboxylic acids is 2. The number of rotatable bonds is 4. The standard InChI is InChI=1S/C30H36O7/c1-18(31)34-17-29(4)24-11-14-30(5)25(28(24,3)13-12-26(29)35-19(2)32)15-21-23(37-30)16-22(36-27(21)33)20-9-7-6-8-10-20/h6-10,16,24-26H,11-15,17H2,1-5H3. The van der Waals surface area contributed by atoms with E-state index in [2.05, 4.69) is 20.8 Å². The topological polar surface area (TPSA) is 92.0 Å². The molecule has 2 aromatic rings. The van der Waals surface area contributed by atoms with Gasteiger partial charge in [0.05, 0.1) is 5.56 Å². The Labute approximate surface area is 217 Å². The molecule has 0 saturated heterocycles. The lowest BCUT2D eigenvalue weighted by atomic mass is 9.43. The first-order chi connectivity index (χ1) is 17.5. The Bertz CT molecular complexity index is 1270. The number of hydrogen-bond donors (Lipinski definition) is 0. The minimum atomic E-state index is -0.548. The molecule has 2 aliphatic carbocycles. The molecule has 198 valence electrons. The van der Waals surface area contributed by atoms with E-state index in [1.165, 1.54) is 13.8 Å². The molecular weight excluding hydrogens is 472 g/mol. The largest absolute Gasteiger partial charge is 0.487 e. The molecule has 7 heteroatoms. The lowest BCUT2D eigenvalue weighted by molar-refractivity contribution is -0.219. The van der Waals surface area contributed by atoms with Gasteiger partial charge in [0.2, 0.25) is 0 Å². The maximum atomic E-state index is 13.2. The fourth-order valence-corrected chi connectivity index (χ4v) is 7.69. The SMILES string of the molecule is CC(=O)OCC1(C)C(OC(C)=O)CCC2(C)C3Cc4c(cc(-c5ccccc5)oc4=O)OC3(C)CCC12. The Morgan fingerprint density at radius 3 is 2.41 bits per heavy atom. The molecule has 1 aromatic heterocycles. The first-order valence-corrected chi connectivity index (χ1v) is 13.2. The van der Waals surface area contributed by atoms with Gasteiger partial charge in [0.1, 0.15) is 29.8 Å². The number of ether oxygens (including phenoxy) is 3. The van der Waals surface area contributed by atoms with Gasteiger partial charge in [0.15, 0.2) is 0 Å². The molecule has 5 rings (SSSR count). The van der Waals surface area contributed by atoms with Gasteiger partial charge in [-0.15, -0.1) is 0 Å². The van der Waals surface area contributed by atoms with Crippen molar-refractivity contribution in [1.29, 1.82) is 0 Å². The van der Waals surface area contributed by atoms with Crippen LogP contribution in [0.15, 0.2) is 45.6 Å². The van der Waals surface area contributed by atoms with Gasteiger partial charge in [-0.25, -0.2) is 4.79 Å². The molecule has 2 fully saturated rings. The van der Waals surface area contributed by atoms with E-state index in [0.29, 0.717) is 29.9 Å². The van der Waals surface area contributed by atoms with Crippen LogP contribution in [-0.4, -0.2) is 30.3 Å². The van der Waals surface area contributed by atoms with Crippen molar-refractivity contribution in [2.45, 2.75) is 78.4 Å². The number of esters is 2. The highest BCUT2D eigenvalue weighted by atomic mass is 16.6. The highest BCUT2D eigenvalue weighted by molar-refractivity contribution is 5.67. The number of carbonyl (C=O) groups is 2. The molecule has 6 atom stereocenters. The van der Waals surface area contributed by atoms with Crippen LogP contribution < -0.4 is 10.4 Å². The second-order valence-corrected chi connectivity index (χ2v) is 11.8. The summed E-state index contributed by atoms with van der Waals surface area (Å²) in [6.07, 6.45) is 3.30. The quantitative estimate of drug-likeness (QED) is 0.516. The molecule has 0 bridgehead atoms. The average molecular weight is 509 g/mol. The molecule has 7 nitrogen and oxygen atoms in total. The van der Waals surface area contributed by atoms with E-state index < -0.39 is 11.0 Å². The summed E-state index contributed by atoms with van der Waals surface area (Å²) in [6, 6.07) is 11.4. The third kappa shape index (κ3) is 4.26. The molecule has 2 saturated carbocycles. The van der Waals surface area contributed by atoms with Crippen molar-refractivity contribution < 1.29 is 28.2 Å².